The van der Waals surface area contributed by atoms with Crippen LogP contribution < -0.4 is 4.72 Å². The summed E-state index contributed by atoms with van der Waals surface area (Å²) in [5.74, 6) is -0.166. The number of sulfonamides is 1. The Morgan fingerprint density at radius 3 is 2.44 bits per heavy atom. The number of Topliss-reactive ketones (excluding diaryl/α,β-unsaturated/α-hetero) is 1. The maximum atomic E-state index is 12.1. The Kier molecular flexibility index (Phi) is 3.71. The first kappa shape index (κ1) is 13.1. The fourth-order valence-electron chi connectivity index (χ4n) is 2.14. The van der Waals surface area contributed by atoms with E-state index in [0.29, 0.717) is 18.5 Å². The van der Waals surface area contributed by atoms with Gasteiger partial charge in [0.25, 0.3) is 0 Å². The number of rotatable bonds is 3. The summed E-state index contributed by atoms with van der Waals surface area (Å²) in [6.07, 6.45) is 2.40. The van der Waals surface area contributed by atoms with E-state index in [4.69, 9.17) is 0 Å². The highest BCUT2D eigenvalue weighted by atomic mass is 32.2. The van der Waals surface area contributed by atoms with Gasteiger partial charge in [0.1, 0.15) is 5.25 Å². The fourth-order valence-corrected chi connectivity index (χ4v) is 3.68. The van der Waals surface area contributed by atoms with Crippen LogP contribution in [0.15, 0.2) is 24.3 Å². The van der Waals surface area contributed by atoms with E-state index in [9.17, 15) is 13.2 Å². The van der Waals surface area contributed by atoms with E-state index in [-0.39, 0.29) is 5.78 Å². The van der Waals surface area contributed by atoms with Crippen LogP contribution in [0.3, 0.4) is 0 Å². The Balaban J connectivity index is 2.16. The Labute approximate surface area is 107 Å². The van der Waals surface area contributed by atoms with E-state index in [1.807, 2.05) is 19.1 Å². The molecule has 1 N–H and O–H groups in total. The topological polar surface area (TPSA) is 63.2 Å². The van der Waals surface area contributed by atoms with Crippen LogP contribution in [0, 0.1) is 6.92 Å². The number of hydrogen-bond donors (Lipinski definition) is 1. The third kappa shape index (κ3) is 2.90. The lowest BCUT2D eigenvalue weighted by molar-refractivity contribution is -0.119. The molecule has 98 valence electrons. The average Bonchev–Trinajstić information content (AvgIpc) is 2.32. The predicted molar refractivity (Wildman–Crippen MR) is 71.0 cm³/mol. The second-order valence-corrected chi connectivity index (χ2v) is 6.58. The van der Waals surface area contributed by atoms with Crippen molar-refractivity contribution in [1.82, 2.24) is 0 Å². The SMILES string of the molecule is Cc1ccc(NS(=O)(=O)C2CCCCC2=O)cc1. The molecule has 0 radical (unpaired) electrons. The van der Waals surface area contributed by atoms with Crippen LogP contribution in [0.4, 0.5) is 5.69 Å². The number of carbonyl (C=O) groups is 1. The highest BCUT2D eigenvalue weighted by Crippen LogP contribution is 2.23. The lowest BCUT2D eigenvalue weighted by Crippen LogP contribution is -2.36. The number of carbonyl (C=O) groups excluding carboxylic acids is 1. The molecule has 18 heavy (non-hydrogen) atoms. The first-order chi connectivity index (χ1) is 8.49. The van der Waals surface area contributed by atoms with Crippen molar-refractivity contribution in [1.29, 1.82) is 0 Å². The van der Waals surface area contributed by atoms with Crippen LogP contribution in [0.2, 0.25) is 0 Å². The minimum absolute atomic E-state index is 0.166. The van der Waals surface area contributed by atoms with Crippen LogP contribution in [0.1, 0.15) is 31.2 Å². The summed E-state index contributed by atoms with van der Waals surface area (Å²) >= 11 is 0. The summed E-state index contributed by atoms with van der Waals surface area (Å²) in [6.45, 7) is 1.93. The van der Waals surface area contributed by atoms with Crippen molar-refractivity contribution >= 4 is 21.5 Å². The molecular weight excluding hydrogens is 250 g/mol. The molecule has 1 aliphatic carbocycles. The van der Waals surface area contributed by atoms with Gasteiger partial charge in [-0.3, -0.25) is 9.52 Å². The smallest absolute Gasteiger partial charge is 0.242 e. The van der Waals surface area contributed by atoms with Crippen LogP contribution in [0.25, 0.3) is 0 Å². The first-order valence-electron chi connectivity index (χ1n) is 6.10. The second-order valence-electron chi connectivity index (χ2n) is 4.71. The molecule has 1 saturated carbocycles. The molecule has 4 nitrogen and oxygen atoms in total. The van der Waals surface area contributed by atoms with Crippen molar-refractivity contribution in [3.05, 3.63) is 29.8 Å². The minimum atomic E-state index is -3.60. The zero-order valence-electron chi connectivity index (χ0n) is 10.3. The molecule has 0 aliphatic heterocycles. The van der Waals surface area contributed by atoms with Gasteiger partial charge in [-0.2, -0.15) is 0 Å². The molecule has 2 rings (SSSR count). The predicted octanol–water partition coefficient (Wildman–Crippen LogP) is 2.25. The second kappa shape index (κ2) is 5.10. The van der Waals surface area contributed by atoms with Gasteiger partial charge < -0.3 is 0 Å². The highest BCUT2D eigenvalue weighted by Gasteiger charge is 2.34. The van der Waals surface area contributed by atoms with Gasteiger partial charge in [0.2, 0.25) is 10.0 Å². The molecule has 5 heteroatoms. The molecule has 1 unspecified atom stereocenters. The van der Waals surface area contributed by atoms with E-state index in [0.717, 1.165) is 18.4 Å². The highest BCUT2D eigenvalue weighted by molar-refractivity contribution is 7.94. The van der Waals surface area contributed by atoms with Crippen molar-refractivity contribution in [3.63, 3.8) is 0 Å². The van der Waals surface area contributed by atoms with Gasteiger partial charge in [0.05, 0.1) is 0 Å². The number of anilines is 1. The zero-order valence-corrected chi connectivity index (χ0v) is 11.2. The van der Waals surface area contributed by atoms with E-state index in [1.165, 1.54) is 0 Å². The molecule has 1 aromatic rings. The third-order valence-corrected chi connectivity index (χ3v) is 4.95. The molecule has 1 aromatic carbocycles. The van der Waals surface area contributed by atoms with E-state index in [1.54, 1.807) is 12.1 Å². The van der Waals surface area contributed by atoms with Gasteiger partial charge in [0, 0.05) is 12.1 Å². The molecule has 0 spiro atoms. The summed E-state index contributed by atoms with van der Waals surface area (Å²) in [7, 11) is -3.60. The summed E-state index contributed by atoms with van der Waals surface area (Å²) in [5, 5.41) is -0.882. The molecule has 1 aliphatic rings. The van der Waals surface area contributed by atoms with Gasteiger partial charge >= 0.3 is 0 Å². The van der Waals surface area contributed by atoms with Crippen LogP contribution in [0.5, 0.6) is 0 Å². The van der Waals surface area contributed by atoms with Crippen molar-refractivity contribution in [2.24, 2.45) is 0 Å². The van der Waals surface area contributed by atoms with Crippen LogP contribution in [-0.2, 0) is 14.8 Å². The molecule has 0 saturated heterocycles. The summed E-state index contributed by atoms with van der Waals surface area (Å²) in [4.78, 5) is 11.7. The quantitative estimate of drug-likeness (QED) is 0.913. The van der Waals surface area contributed by atoms with Gasteiger partial charge in [0.15, 0.2) is 5.78 Å². The van der Waals surface area contributed by atoms with Crippen molar-refractivity contribution in [2.45, 2.75) is 37.9 Å². The van der Waals surface area contributed by atoms with Crippen molar-refractivity contribution in [3.8, 4) is 0 Å². The summed E-state index contributed by atoms with van der Waals surface area (Å²) in [5.41, 5.74) is 1.57. The monoisotopic (exact) mass is 267 g/mol. The number of ketones is 1. The normalized spacial score (nSPS) is 20.7. The standard InChI is InChI=1S/C13H17NO3S/c1-10-6-8-11(9-7-10)14-18(16,17)13-5-3-2-4-12(13)15/h6-9,13-14H,2-5H2,1H3. The number of hydrogen-bond acceptors (Lipinski definition) is 3. The van der Waals surface area contributed by atoms with Gasteiger partial charge in [-0.25, -0.2) is 8.42 Å². The Hall–Kier alpha value is -1.36. The molecule has 0 aromatic heterocycles. The number of nitrogens with one attached hydrogen (secondary N) is 1. The van der Waals surface area contributed by atoms with Gasteiger partial charge in [-0.1, -0.05) is 24.1 Å². The molecular formula is C13H17NO3S. The van der Waals surface area contributed by atoms with Crippen LogP contribution >= 0.6 is 0 Å². The maximum absolute atomic E-state index is 12.1. The van der Waals surface area contributed by atoms with Crippen molar-refractivity contribution in [2.75, 3.05) is 4.72 Å². The average molecular weight is 267 g/mol. The largest absolute Gasteiger partial charge is 0.298 e. The van der Waals surface area contributed by atoms with E-state index in [2.05, 4.69) is 4.72 Å². The molecule has 1 atom stereocenters. The summed E-state index contributed by atoms with van der Waals surface area (Å²) in [6, 6.07) is 7.08. The fraction of sp³-hybridized carbons (Fsp3) is 0.462. The minimum Gasteiger partial charge on any atom is -0.298 e. The molecule has 1 fully saturated rings. The van der Waals surface area contributed by atoms with E-state index < -0.39 is 15.3 Å². The molecule has 0 heterocycles. The maximum Gasteiger partial charge on any atom is 0.242 e. The third-order valence-electron chi connectivity index (χ3n) is 3.18. The van der Waals surface area contributed by atoms with Crippen LogP contribution in [-0.4, -0.2) is 19.5 Å². The number of aryl methyl sites for hydroxylation is 1. The van der Waals surface area contributed by atoms with E-state index >= 15 is 0 Å². The van der Waals surface area contributed by atoms with Crippen molar-refractivity contribution < 1.29 is 13.2 Å². The van der Waals surface area contributed by atoms with Gasteiger partial charge in [-0.15, -0.1) is 0 Å². The number of benzene rings is 1. The first-order valence-corrected chi connectivity index (χ1v) is 7.65. The molecule has 0 bridgehead atoms. The Morgan fingerprint density at radius 1 is 1.17 bits per heavy atom. The molecule has 0 amide bonds. The Bertz CT molecular complexity index is 534. The Morgan fingerprint density at radius 2 is 1.83 bits per heavy atom. The lowest BCUT2D eigenvalue weighted by Gasteiger charge is -2.21. The summed E-state index contributed by atoms with van der Waals surface area (Å²) < 4.78 is 26.7. The van der Waals surface area contributed by atoms with Gasteiger partial charge in [-0.05, 0) is 31.9 Å². The lowest BCUT2D eigenvalue weighted by atomic mass is 9.99. The zero-order chi connectivity index (χ0) is 13.2.